The van der Waals surface area contributed by atoms with Crippen molar-refractivity contribution >= 4 is 17.9 Å². The fraction of sp³-hybridized carbons (Fsp3) is 0.423. The van der Waals surface area contributed by atoms with Crippen molar-refractivity contribution in [1.82, 2.24) is 15.1 Å². The molecule has 9 heteroatoms. The second-order valence-corrected chi connectivity index (χ2v) is 9.44. The number of hydrogen-bond acceptors (Lipinski definition) is 5. The van der Waals surface area contributed by atoms with Crippen LogP contribution in [-0.4, -0.2) is 81.9 Å². The van der Waals surface area contributed by atoms with Gasteiger partial charge in [-0.3, -0.25) is 14.5 Å². The van der Waals surface area contributed by atoms with Crippen LogP contribution in [0.3, 0.4) is 0 Å². The highest BCUT2D eigenvalue weighted by atomic mass is 16.5. The number of amides is 3. The third-order valence-corrected chi connectivity index (χ3v) is 7.32. The van der Waals surface area contributed by atoms with Crippen LogP contribution in [-0.2, 0) is 17.7 Å². The van der Waals surface area contributed by atoms with E-state index in [9.17, 15) is 24.6 Å². The second kappa shape index (κ2) is 9.67. The van der Waals surface area contributed by atoms with Crippen molar-refractivity contribution in [2.45, 2.75) is 50.0 Å². The van der Waals surface area contributed by atoms with Crippen molar-refractivity contribution < 1.29 is 29.3 Å². The minimum absolute atomic E-state index is 0.0467. The standard InChI is InChI=1S/C26H29N3O6/c30-23(22-11-18-3-1-2-4-19(18)13-28(22)26(33)34)12-27-24(31)16-5-7-17(8-6-16)25(32)29-20-9-10-21(29)15-35-14-20/h1-8,20-23,30H,9-15H2,(H,27,31)(H,33,34)/t20?,21?,22-,23?/m0/s1. The molecular weight excluding hydrogens is 450 g/mol. The highest BCUT2D eigenvalue weighted by molar-refractivity contribution is 5.98. The zero-order chi connectivity index (χ0) is 24.5. The van der Waals surface area contributed by atoms with E-state index in [1.54, 1.807) is 24.3 Å². The molecule has 3 amide bonds. The van der Waals surface area contributed by atoms with E-state index in [0.717, 1.165) is 24.0 Å². The summed E-state index contributed by atoms with van der Waals surface area (Å²) in [5, 5.41) is 23.1. The van der Waals surface area contributed by atoms with Crippen LogP contribution < -0.4 is 5.32 Å². The van der Waals surface area contributed by atoms with Crippen molar-refractivity contribution in [3.8, 4) is 0 Å². The first-order valence-electron chi connectivity index (χ1n) is 12.0. The summed E-state index contributed by atoms with van der Waals surface area (Å²) in [4.78, 5) is 40.6. The highest BCUT2D eigenvalue weighted by Crippen LogP contribution is 2.30. The smallest absolute Gasteiger partial charge is 0.407 e. The Labute approximate surface area is 203 Å². The Balaban J connectivity index is 1.20. The maximum absolute atomic E-state index is 13.0. The van der Waals surface area contributed by atoms with Crippen molar-refractivity contribution in [3.63, 3.8) is 0 Å². The van der Waals surface area contributed by atoms with Gasteiger partial charge in [-0.05, 0) is 54.7 Å². The van der Waals surface area contributed by atoms with E-state index in [-0.39, 0.29) is 31.1 Å². The van der Waals surface area contributed by atoms with E-state index in [1.165, 1.54) is 4.90 Å². The van der Waals surface area contributed by atoms with Crippen LogP contribution in [0.4, 0.5) is 4.79 Å². The molecule has 3 heterocycles. The molecular formula is C26H29N3O6. The zero-order valence-corrected chi connectivity index (χ0v) is 19.3. The van der Waals surface area contributed by atoms with E-state index in [1.807, 2.05) is 29.2 Å². The average molecular weight is 480 g/mol. The van der Waals surface area contributed by atoms with Gasteiger partial charge in [-0.15, -0.1) is 0 Å². The lowest BCUT2D eigenvalue weighted by molar-refractivity contribution is -0.00716. The number of carbonyl (C=O) groups excluding carboxylic acids is 2. The molecule has 0 radical (unpaired) electrons. The number of carbonyl (C=O) groups is 3. The van der Waals surface area contributed by atoms with Crippen LogP contribution in [0.2, 0.25) is 0 Å². The molecule has 0 spiro atoms. The number of nitrogens with zero attached hydrogens (tertiary/aromatic N) is 2. The third-order valence-electron chi connectivity index (χ3n) is 7.32. The molecule has 9 nitrogen and oxygen atoms in total. The van der Waals surface area contributed by atoms with Crippen molar-refractivity contribution in [1.29, 1.82) is 0 Å². The number of morpholine rings is 1. The summed E-state index contributed by atoms with van der Waals surface area (Å²) < 4.78 is 5.55. The summed E-state index contributed by atoms with van der Waals surface area (Å²) in [5.41, 5.74) is 2.80. The monoisotopic (exact) mass is 479 g/mol. The normalized spacial score (nSPS) is 24.0. The maximum atomic E-state index is 13.0. The summed E-state index contributed by atoms with van der Waals surface area (Å²) in [6, 6.07) is 13.6. The number of ether oxygens (including phenoxy) is 1. The van der Waals surface area contributed by atoms with Gasteiger partial charge in [-0.25, -0.2) is 4.79 Å². The molecule has 2 aromatic carbocycles. The number of benzene rings is 2. The molecule has 2 fully saturated rings. The Kier molecular flexibility index (Phi) is 6.44. The average Bonchev–Trinajstić information content (AvgIpc) is 3.13. The van der Waals surface area contributed by atoms with Gasteiger partial charge in [0.05, 0.1) is 37.4 Å². The lowest BCUT2D eigenvalue weighted by Gasteiger charge is -2.37. The SMILES string of the molecule is O=C(NCC(O)[C@@H]1Cc2ccccc2CN1C(=O)O)c1ccc(C(=O)N2C3CCC2COC3)cc1. The molecule has 0 saturated carbocycles. The quantitative estimate of drug-likeness (QED) is 0.603. The van der Waals surface area contributed by atoms with Gasteiger partial charge < -0.3 is 25.2 Å². The summed E-state index contributed by atoms with van der Waals surface area (Å²) >= 11 is 0. The van der Waals surface area contributed by atoms with Crippen LogP contribution in [0.15, 0.2) is 48.5 Å². The van der Waals surface area contributed by atoms with Gasteiger partial charge in [0.15, 0.2) is 0 Å². The number of nitrogens with one attached hydrogen (secondary N) is 1. The van der Waals surface area contributed by atoms with E-state index in [4.69, 9.17) is 4.74 Å². The van der Waals surface area contributed by atoms with Crippen molar-refractivity contribution in [2.75, 3.05) is 19.8 Å². The number of rotatable bonds is 5. The Hall–Kier alpha value is -3.43. The highest BCUT2D eigenvalue weighted by Gasteiger charge is 2.40. The predicted molar refractivity (Wildman–Crippen MR) is 126 cm³/mol. The number of aliphatic hydroxyl groups excluding tert-OH is 1. The topological polar surface area (TPSA) is 119 Å². The maximum Gasteiger partial charge on any atom is 0.407 e. The zero-order valence-electron chi connectivity index (χ0n) is 19.3. The molecule has 3 aliphatic rings. The van der Waals surface area contributed by atoms with Gasteiger partial charge in [0.2, 0.25) is 0 Å². The Bertz CT molecular complexity index is 1100. The van der Waals surface area contributed by atoms with Crippen LogP contribution in [0.1, 0.15) is 44.7 Å². The summed E-state index contributed by atoms with van der Waals surface area (Å²) in [7, 11) is 0. The largest absolute Gasteiger partial charge is 0.465 e. The predicted octanol–water partition coefficient (Wildman–Crippen LogP) is 1.89. The minimum atomic E-state index is -1.11. The van der Waals surface area contributed by atoms with Crippen LogP contribution in [0.25, 0.3) is 0 Å². The molecule has 3 aliphatic heterocycles. The van der Waals surface area contributed by atoms with E-state index in [0.29, 0.717) is 30.8 Å². The lowest BCUT2D eigenvalue weighted by Crippen LogP contribution is -2.53. The molecule has 3 N–H and O–H groups in total. The molecule has 0 aliphatic carbocycles. The lowest BCUT2D eigenvalue weighted by atomic mass is 9.91. The second-order valence-electron chi connectivity index (χ2n) is 9.44. The first kappa shape index (κ1) is 23.3. The van der Waals surface area contributed by atoms with Gasteiger partial charge in [0.25, 0.3) is 11.8 Å². The first-order chi connectivity index (χ1) is 16.9. The number of aliphatic hydroxyl groups is 1. The molecule has 4 atom stereocenters. The van der Waals surface area contributed by atoms with E-state index < -0.39 is 24.1 Å². The van der Waals surface area contributed by atoms with Gasteiger partial charge in [-0.2, -0.15) is 0 Å². The molecule has 35 heavy (non-hydrogen) atoms. The first-order valence-corrected chi connectivity index (χ1v) is 12.0. The molecule has 184 valence electrons. The molecule has 2 bridgehead atoms. The fourth-order valence-electron chi connectivity index (χ4n) is 5.41. The fourth-order valence-corrected chi connectivity index (χ4v) is 5.41. The molecule has 5 rings (SSSR count). The molecule has 3 unspecified atom stereocenters. The van der Waals surface area contributed by atoms with Gasteiger partial charge in [0.1, 0.15) is 0 Å². The van der Waals surface area contributed by atoms with Crippen molar-refractivity contribution in [3.05, 3.63) is 70.8 Å². The van der Waals surface area contributed by atoms with E-state index >= 15 is 0 Å². The Morgan fingerprint density at radius 3 is 2.26 bits per heavy atom. The summed E-state index contributed by atoms with van der Waals surface area (Å²) in [5.74, 6) is -0.443. The van der Waals surface area contributed by atoms with Gasteiger partial charge in [-0.1, -0.05) is 24.3 Å². The minimum Gasteiger partial charge on any atom is -0.465 e. The Morgan fingerprint density at radius 2 is 1.60 bits per heavy atom. The molecule has 2 aromatic rings. The molecule has 0 aromatic heterocycles. The van der Waals surface area contributed by atoms with Gasteiger partial charge in [0, 0.05) is 24.2 Å². The van der Waals surface area contributed by atoms with Crippen molar-refractivity contribution in [2.24, 2.45) is 0 Å². The number of carboxylic acid groups (broad SMARTS) is 1. The van der Waals surface area contributed by atoms with Crippen LogP contribution >= 0.6 is 0 Å². The van der Waals surface area contributed by atoms with E-state index in [2.05, 4.69) is 5.32 Å². The van der Waals surface area contributed by atoms with Crippen LogP contribution in [0.5, 0.6) is 0 Å². The summed E-state index contributed by atoms with van der Waals surface area (Å²) in [6.45, 7) is 1.24. The summed E-state index contributed by atoms with van der Waals surface area (Å²) in [6.07, 6.45) is 0.0978. The Morgan fingerprint density at radius 1 is 0.971 bits per heavy atom. The molecule has 2 saturated heterocycles. The van der Waals surface area contributed by atoms with Crippen LogP contribution in [0, 0.1) is 0 Å². The number of hydrogen-bond donors (Lipinski definition) is 3. The number of fused-ring (bicyclic) bond motifs is 3. The third kappa shape index (κ3) is 4.61. The van der Waals surface area contributed by atoms with Gasteiger partial charge >= 0.3 is 6.09 Å².